The van der Waals surface area contributed by atoms with Crippen LogP contribution in [-0.2, 0) is 0 Å². The van der Waals surface area contributed by atoms with Crippen LogP contribution in [0.3, 0.4) is 0 Å². The lowest BCUT2D eigenvalue weighted by atomic mass is 10.0. The quantitative estimate of drug-likeness (QED) is 0.631. The molecule has 0 spiro atoms. The van der Waals surface area contributed by atoms with Gasteiger partial charge in [-0.3, -0.25) is 0 Å². The Morgan fingerprint density at radius 2 is 1.29 bits per heavy atom. The Morgan fingerprint density at radius 1 is 0.905 bits per heavy atom. The van der Waals surface area contributed by atoms with Crippen LogP contribution < -0.4 is 0 Å². The molecule has 110 valence electrons. The highest BCUT2D eigenvalue weighted by Crippen LogP contribution is 2.14. The SMILES string of the molecule is C[Si](C)(C)C#Cc1cccc(C#C[Si](C)(C)C)c1C(=O)O. The molecule has 0 aliphatic carbocycles. The molecule has 2 nitrogen and oxygen atoms in total. The molecule has 0 aliphatic heterocycles. The Labute approximate surface area is 129 Å². The van der Waals surface area contributed by atoms with E-state index in [-0.39, 0.29) is 5.56 Å². The highest BCUT2D eigenvalue weighted by atomic mass is 28.3. The summed E-state index contributed by atoms with van der Waals surface area (Å²) >= 11 is 0. The van der Waals surface area contributed by atoms with E-state index >= 15 is 0 Å². The largest absolute Gasteiger partial charge is 0.478 e. The molecular formula is C17H22O2Si2. The summed E-state index contributed by atoms with van der Waals surface area (Å²) in [7, 11) is -3.09. The molecule has 1 rings (SSSR count). The van der Waals surface area contributed by atoms with Crippen molar-refractivity contribution in [1.82, 2.24) is 0 Å². The first-order valence-electron chi connectivity index (χ1n) is 6.92. The predicted molar refractivity (Wildman–Crippen MR) is 93.8 cm³/mol. The lowest BCUT2D eigenvalue weighted by Crippen LogP contribution is -2.17. The van der Waals surface area contributed by atoms with Crippen LogP contribution in [-0.4, -0.2) is 27.2 Å². The first-order valence-corrected chi connectivity index (χ1v) is 13.9. The lowest BCUT2D eigenvalue weighted by Gasteiger charge is -2.07. The fourth-order valence-corrected chi connectivity index (χ4v) is 2.52. The summed E-state index contributed by atoms with van der Waals surface area (Å²) in [6.07, 6.45) is 0. The Balaban J connectivity index is 3.44. The molecule has 1 N–H and O–H groups in total. The van der Waals surface area contributed by atoms with Gasteiger partial charge in [0.2, 0.25) is 0 Å². The smallest absolute Gasteiger partial charge is 0.338 e. The average Bonchev–Trinajstić information content (AvgIpc) is 2.31. The summed E-state index contributed by atoms with van der Waals surface area (Å²) in [5.41, 5.74) is 7.79. The van der Waals surface area contributed by atoms with E-state index in [0.29, 0.717) is 11.1 Å². The molecular weight excluding hydrogens is 292 g/mol. The topological polar surface area (TPSA) is 37.3 Å². The van der Waals surface area contributed by atoms with Crippen LogP contribution in [0.5, 0.6) is 0 Å². The van der Waals surface area contributed by atoms with Gasteiger partial charge in [0.1, 0.15) is 16.1 Å². The predicted octanol–water partition coefficient (Wildman–Crippen LogP) is 3.84. The summed E-state index contributed by atoms with van der Waals surface area (Å²) in [5, 5.41) is 9.49. The van der Waals surface area contributed by atoms with Gasteiger partial charge < -0.3 is 5.11 Å². The van der Waals surface area contributed by atoms with Crippen molar-refractivity contribution < 1.29 is 9.90 Å². The zero-order valence-corrected chi connectivity index (χ0v) is 15.6. The third-order valence-corrected chi connectivity index (χ3v) is 4.17. The molecule has 0 bridgehead atoms. The summed E-state index contributed by atoms with van der Waals surface area (Å²) in [5.74, 6) is 5.13. The van der Waals surface area contributed by atoms with Crippen LogP contribution in [0, 0.1) is 22.9 Å². The van der Waals surface area contributed by atoms with Gasteiger partial charge in [-0.15, -0.1) is 11.1 Å². The van der Waals surface area contributed by atoms with Crippen LogP contribution in [0.1, 0.15) is 21.5 Å². The van der Waals surface area contributed by atoms with Crippen molar-refractivity contribution in [2.24, 2.45) is 0 Å². The van der Waals surface area contributed by atoms with Crippen LogP contribution in [0.15, 0.2) is 18.2 Å². The third-order valence-electron chi connectivity index (χ3n) is 2.42. The number of carboxylic acid groups (broad SMARTS) is 1. The average molecular weight is 315 g/mol. The number of benzene rings is 1. The Bertz CT molecular complexity index is 619. The lowest BCUT2D eigenvalue weighted by molar-refractivity contribution is 0.0696. The molecule has 0 aliphatic rings. The second-order valence-electron chi connectivity index (χ2n) is 7.03. The van der Waals surface area contributed by atoms with Gasteiger partial charge in [0.25, 0.3) is 0 Å². The van der Waals surface area contributed by atoms with Crippen LogP contribution in [0.2, 0.25) is 39.3 Å². The summed E-state index contributed by atoms with van der Waals surface area (Å²) in [4.78, 5) is 11.6. The highest BCUT2D eigenvalue weighted by molar-refractivity contribution is 6.84. The number of hydrogen-bond donors (Lipinski definition) is 1. The normalized spacial score (nSPS) is 11.0. The van der Waals surface area contributed by atoms with E-state index in [0.717, 1.165) is 0 Å². The molecule has 4 heteroatoms. The highest BCUT2D eigenvalue weighted by Gasteiger charge is 2.15. The second-order valence-corrected chi connectivity index (χ2v) is 16.5. The Kier molecular flexibility index (Phi) is 5.22. The van der Waals surface area contributed by atoms with Crippen molar-refractivity contribution in [1.29, 1.82) is 0 Å². The van der Waals surface area contributed by atoms with Crippen LogP contribution in [0.4, 0.5) is 0 Å². The van der Waals surface area contributed by atoms with E-state index < -0.39 is 22.1 Å². The Hall–Kier alpha value is -1.76. The molecule has 0 heterocycles. The first-order chi connectivity index (χ1) is 9.49. The van der Waals surface area contributed by atoms with Crippen molar-refractivity contribution in [3.05, 3.63) is 34.9 Å². The van der Waals surface area contributed by atoms with Gasteiger partial charge in [0, 0.05) is 11.1 Å². The van der Waals surface area contributed by atoms with Gasteiger partial charge in [0.15, 0.2) is 0 Å². The van der Waals surface area contributed by atoms with Gasteiger partial charge >= 0.3 is 5.97 Å². The van der Waals surface area contributed by atoms with E-state index in [4.69, 9.17) is 0 Å². The Morgan fingerprint density at radius 3 is 1.57 bits per heavy atom. The van der Waals surface area contributed by atoms with Gasteiger partial charge in [-0.25, -0.2) is 4.79 Å². The molecule has 1 aromatic rings. The molecule has 0 saturated carbocycles. The molecule has 0 amide bonds. The monoisotopic (exact) mass is 314 g/mol. The summed E-state index contributed by atoms with van der Waals surface area (Å²) in [6.45, 7) is 12.8. The summed E-state index contributed by atoms with van der Waals surface area (Å²) in [6, 6.07) is 5.35. The van der Waals surface area contributed by atoms with E-state index in [1.165, 1.54) is 0 Å². The third kappa shape index (κ3) is 6.03. The molecule has 0 aromatic heterocycles. The molecule has 21 heavy (non-hydrogen) atoms. The number of carboxylic acids is 1. The maximum atomic E-state index is 11.6. The summed E-state index contributed by atoms with van der Waals surface area (Å²) < 4.78 is 0. The fraction of sp³-hybridized carbons (Fsp3) is 0.353. The van der Waals surface area contributed by atoms with Gasteiger partial charge in [0.05, 0.1) is 5.56 Å². The standard InChI is InChI=1S/C17H22O2Si2/c1-20(2,3)12-10-14-8-7-9-15(16(14)17(18)19)11-13-21(4,5)6/h7-9H,1-6H3,(H,18,19). The molecule has 0 saturated heterocycles. The maximum absolute atomic E-state index is 11.6. The van der Waals surface area contributed by atoms with Crippen molar-refractivity contribution in [3.63, 3.8) is 0 Å². The first kappa shape index (κ1) is 17.3. The molecule has 1 aromatic carbocycles. The van der Waals surface area contributed by atoms with Crippen molar-refractivity contribution in [2.75, 3.05) is 0 Å². The van der Waals surface area contributed by atoms with Crippen molar-refractivity contribution in [2.45, 2.75) is 39.3 Å². The van der Waals surface area contributed by atoms with Gasteiger partial charge in [-0.05, 0) is 12.1 Å². The minimum Gasteiger partial charge on any atom is -0.478 e. The number of rotatable bonds is 1. The van der Waals surface area contributed by atoms with Gasteiger partial charge in [-0.2, -0.15) is 0 Å². The zero-order chi connectivity index (χ0) is 16.3. The number of hydrogen-bond acceptors (Lipinski definition) is 1. The van der Waals surface area contributed by atoms with Crippen LogP contribution in [0.25, 0.3) is 0 Å². The minimum atomic E-state index is -1.55. The number of aromatic carboxylic acids is 1. The van der Waals surface area contributed by atoms with Gasteiger partial charge in [-0.1, -0.05) is 57.2 Å². The molecule has 0 atom stereocenters. The second kappa shape index (κ2) is 6.34. The fourth-order valence-electron chi connectivity index (χ4n) is 1.50. The van der Waals surface area contributed by atoms with E-state index in [1.807, 2.05) is 6.07 Å². The zero-order valence-electron chi connectivity index (χ0n) is 13.6. The number of carbonyl (C=O) groups is 1. The minimum absolute atomic E-state index is 0.231. The van der Waals surface area contributed by atoms with E-state index in [1.54, 1.807) is 12.1 Å². The molecule has 0 fully saturated rings. The molecule has 0 radical (unpaired) electrons. The molecule has 0 unspecified atom stereocenters. The van der Waals surface area contributed by atoms with E-state index in [2.05, 4.69) is 62.2 Å². The van der Waals surface area contributed by atoms with Crippen molar-refractivity contribution in [3.8, 4) is 22.9 Å². The van der Waals surface area contributed by atoms with Crippen LogP contribution >= 0.6 is 0 Å². The maximum Gasteiger partial charge on any atom is 0.338 e. The van der Waals surface area contributed by atoms with E-state index in [9.17, 15) is 9.90 Å². The van der Waals surface area contributed by atoms with Crippen molar-refractivity contribution >= 4 is 22.1 Å².